The molecule has 0 amide bonds. The molecule has 22 heteroatoms. The minimum absolute atomic E-state index is 0.0150. The van der Waals surface area contributed by atoms with E-state index in [9.17, 15) is 4.39 Å². The Morgan fingerprint density at radius 2 is 0.783 bits per heavy atom. The van der Waals surface area contributed by atoms with Gasteiger partial charge >= 0.3 is 0 Å². The van der Waals surface area contributed by atoms with Gasteiger partial charge in [-0.2, -0.15) is 13.6 Å². The van der Waals surface area contributed by atoms with Crippen LogP contribution in [0.25, 0.3) is 22.8 Å². The van der Waals surface area contributed by atoms with Crippen molar-refractivity contribution in [1.29, 1.82) is 0 Å². The molecule has 0 spiro atoms. The molecule has 0 aliphatic rings. The molecule has 0 unspecified atom stereocenters. The van der Waals surface area contributed by atoms with E-state index in [0.717, 1.165) is 11.3 Å². The van der Waals surface area contributed by atoms with Gasteiger partial charge < -0.3 is 4.74 Å². The Labute approximate surface area is 409 Å². The Hall–Kier alpha value is -1.76. The third-order valence-electron chi connectivity index (χ3n) is 8.05. The van der Waals surface area contributed by atoms with Crippen molar-refractivity contribution in [3.8, 4) is 28.5 Å². The number of ether oxygens (including phenoxy) is 1. The van der Waals surface area contributed by atoms with Gasteiger partial charge in [0.05, 0.1) is 7.11 Å². The first kappa shape index (κ1) is 52.6. The molecule has 6 aromatic rings. The maximum atomic E-state index is 12.2. The van der Waals surface area contributed by atoms with Gasteiger partial charge in [0, 0.05) is 11.1 Å². The van der Waals surface area contributed by atoms with Crippen LogP contribution in [0.1, 0.15) is 28.9 Å². The number of alkyl halides is 12. The minimum atomic E-state index is -1.85. The van der Waals surface area contributed by atoms with Crippen molar-refractivity contribution in [2.75, 3.05) is 7.11 Å². The van der Waals surface area contributed by atoms with Crippen molar-refractivity contribution in [3.63, 3.8) is 0 Å². The Bertz CT molecular complexity index is 2160. The van der Waals surface area contributed by atoms with Gasteiger partial charge in [-0.25, -0.2) is 45.2 Å². The van der Waals surface area contributed by atoms with Crippen LogP contribution in [0.2, 0.25) is 13.6 Å². The summed E-state index contributed by atoms with van der Waals surface area (Å²) < 4.78 is 9.86. The number of methoxy groups -OCH3 is 1. The predicted molar refractivity (Wildman–Crippen MR) is 260 cm³/mol. The molecule has 0 saturated carbocycles. The van der Waals surface area contributed by atoms with Crippen LogP contribution in [0.5, 0.6) is 5.75 Å². The molecular weight excluding hydrogens is 1020 g/mol. The molecule has 0 N–H and O–H groups in total. The number of hydrogen-bond acceptors (Lipinski definition) is 7. The third-order valence-corrected chi connectivity index (χ3v) is 10.1. The van der Waals surface area contributed by atoms with E-state index in [0.29, 0.717) is 11.1 Å². The molecule has 60 heavy (non-hydrogen) atoms. The first-order chi connectivity index (χ1) is 27.9. The normalized spacial score (nSPS) is 11.6. The van der Waals surface area contributed by atoms with Gasteiger partial charge in [-0.1, -0.05) is 224 Å². The van der Waals surface area contributed by atoms with Crippen LogP contribution in [0.3, 0.4) is 0 Å². The minimum Gasteiger partial charge on any atom is -0.497 e. The fourth-order valence-corrected chi connectivity index (χ4v) is 5.70. The van der Waals surface area contributed by atoms with E-state index in [1.807, 2.05) is 73.7 Å². The van der Waals surface area contributed by atoms with Crippen LogP contribution in [0.15, 0.2) is 103 Å². The van der Waals surface area contributed by atoms with E-state index in [4.69, 9.17) is 144 Å². The van der Waals surface area contributed by atoms with Crippen molar-refractivity contribution in [1.82, 2.24) is 29.9 Å². The number of hydrogen-bond donors (Lipinski definition) is 0. The van der Waals surface area contributed by atoms with Crippen LogP contribution >= 0.6 is 139 Å². The van der Waals surface area contributed by atoms with Crippen molar-refractivity contribution in [3.05, 3.63) is 138 Å². The molecular formula is C38H33B2Cl12FN6O-2. The maximum absolute atomic E-state index is 12.2. The molecule has 6 rings (SSSR count). The number of aromatic nitrogens is 6. The number of halogens is 13. The van der Waals surface area contributed by atoms with E-state index in [-0.39, 0.29) is 55.3 Å². The third kappa shape index (κ3) is 17.8. The van der Waals surface area contributed by atoms with Gasteiger partial charge in [-0.05, 0) is 45.7 Å². The standard InChI is InChI=1S/C12H7Cl6N3.C11H5Cl6N3.C8H12BO.C7H9BF/c1-6-2-4-7(5-3-6)8-19-9(11(13,14)15)21-10(20-8)12(16,17)18;12-10(13,14)8-18-7(6-4-2-1-3-5-6)19-9(20-8)11(15,16)17;1-9-7-3-5-8(10-2)6-4-7;1-8-6-2-4-7(9)5-3-6/h2-5H,1H3;1-5H;3-6H,9H2,1-2H3;2-5H,8H2,1H3/q;;2*-1. The van der Waals surface area contributed by atoms with Crippen LogP contribution in [-0.4, -0.2) is 51.6 Å². The van der Waals surface area contributed by atoms with E-state index in [1.54, 1.807) is 19.2 Å². The molecule has 0 atom stereocenters. The lowest BCUT2D eigenvalue weighted by Crippen LogP contribution is -2.16. The molecule has 7 nitrogen and oxygen atoms in total. The molecule has 2 aromatic heterocycles. The number of rotatable bonds is 5. The lowest BCUT2D eigenvalue weighted by Gasteiger charge is -2.15. The summed E-state index contributed by atoms with van der Waals surface area (Å²) in [4.78, 5) is 24.2. The average Bonchev–Trinajstić information content (AvgIpc) is 3.21. The van der Waals surface area contributed by atoms with E-state index in [2.05, 4.69) is 55.7 Å². The zero-order chi connectivity index (χ0) is 44.9. The van der Waals surface area contributed by atoms with Crippen LogP contribution in [0, 0.1) is 12.7 Å². The Morgan fingerprint density at radius 3 is 1.10 bits per heavy atom. The summed E-state index contributed by atoms with van der Waals surface area (Å²) in [5.74, 6) is 0.868. The second-order valence-corrected chi connectivity index (χ2v) is 21.8. The van der Waals surface area contributed by atoms with Gasteiger partial charge in [0.1, 0.15) is 11.6 Å². The second-order valence-electron chi connectivity index (χ2n) is 12.6. The quantitative estimate of drug-likeness (QED) is 0.126. The van der Waals surface area contributed by atoms with Gasteiger partial charge in [0.15, 0.2) is 34.9 Å². The summed E-state index contributed by atoms with van der Waals surface area (Å²) in [6.45, 7) is 6.39. The van der Waals surface area contributed by atoms with Gasteiger partial charge in [-0.3, -0.25) is 0 Å². The summed E-state index contributed by atoms with van der Waals surface area (Å²) in [6.07, 6.45) is 0. The summed E-state index contributed by atoms with van der Waals surface area (Å²) in [5.41, 5.74) is 5.23. The van der Waals surface area contributed by atoms with Crippen molar-refractivity contribution in [2.45, 2.75) is 35.7 Å². The lowest BCUT2D eigenvalue weighted by molar-refractivity contribution is 0.415. The summed E-state index contributed by atoms with van der Waals surface area (Å²) in [5, 5.41) is 0. The molecule has 0 bridgehead atoms. The zero-order valence-corrected chi connectivity index (χ0v) is 41.4. The molecule has 0 saturated heterocycles. The van der Waals surface area contributed by atoms with Gasteiger partial charge in [0.25, 0.3) is 0 Å². The fraction of sp³-hybridized carbons (Fsp3) is 0.211. The highest BCUT2D eigenvalue weighted by molar-refractivity contribution is 6.68. The summed E-state index contributed by atoms with van der Waals surface area (Å²) in [6, 6.07) is 31.5. The smallest absolute Gasteiger partial charge is 0.250 e. The van der Waals surface area contributed by atoms with E-state index < -0.39 is 15.2 Å². The van der Waals surface area contributed by atoms with Crippen LogP contribution < -0.4 is 15.7 Å². The molecule has 4 aromatic carbocycles. The second kappa shape index (κ2) is 23.8. The number of aryl methyl sites for hydroxylation is 1. The Morgan fingerprint density at radius 1 is 0.450 bits per heavy atom. The molecule has 0 fully saturated rings. The molecule has 0 aliphatic carbocycles. The number of nitrogens with zero attached hydrogens (tertiary/aromatic N) is 6. The number of benzene rings is 4. The van der Waals surface area contributed by atoms with E-state index >= 15 is 0 Å². The highest BCUT2D eigenvalue weighted by atomic mass is 35.6. The molecule has 0 radical (unpaired) electrons. The zero-order valence-electron chi connectivity index (χ0n) is 32.3. The highest BCUT2D eigenvalue weighted by Gasteiger charge is 2.35. The van der Waals surface area contributed by atoms with Gasteiger partial charge in [-0.15, -0.1) is 0 Å². The highest BCUT2D eigenvalue weighted by Crippen LogP contribution is 2.42. The molecule has 320 valence electrons. The molecule has 0 aliphatic heterocycles. The monoisotopic (exact) mass is 1050 g/mol. The van der Waals surface area contributed by atoms with Crippen molar-refractivity contribution >= 4 is 165 Å². The summed E-state index contributed by atoms with van der Waals surface area (Å²) in [7, 11) is 1.83. The van der Waals surface area contributed by atoms with Crippen LogP contribution in [-0.2, 0) is 15.2 Å². The SMILES string of the molecule is C[BH2-]c1ccc(F)cc1.C[BH2-]c1ccc(OC)cc1.Cc1ccc(-c2nc(C(Cl)(Cl)Cl)nc(C(Cl)(Cl)Cl)n2)cc1.ClC(Cl)(Cl)c1nc(-c2ccccc2)nc(C(Cl)(Cl)Cl)n1. The predicted octanol–water partition coefficient (Wildman–Crippen LogP) is 11.9. The Kier molecular flexibility index (Phi) is 20.8. The van der Waals surface area contributed by atoms with Crippen molar-refractivity contribution in [2.24, 2.45) is 0 Å². The van der Waals surface area contributed by atoms with Crippen LogP contribution in [0.4, 0.5) is 4.39 Å². The maximum Gasteiger partial charge on any atom is 0.250 e. The van der Waals surface area contributed by atoms with E-state index in [1.165, 1.54) is 23.1 Å². The van der Waals surface area contributed by atoms with Gasteiger partial charge in [0.2, 0.25) is 15.2 Å². The first-order valence-electron chi connectivity index (χ1n) is 18.1. The Balaban J connectivity index is 0.000000227. The lowest BCUT2D eigenvalue weighted by atomic mass is 9.73. The summed E-state index contributed by atoms with van der Waals surface area (Å²) >= 11 is 69.6. The fourth-order valence-electron chi connectivity index (χ4n) is 4.68. The topological polar surface area (TPSA) is 86.6 Å². The molecule has 2 heterocycles. The average molecular weight is 1060 g/mol. The van der Waals surface area contributed by atoms with Crippen molar-refractivity contribution < 1.29 is 9.13 Å². The largest absolute Gasteiger partial charge is 0.497 e. The first-order valence-corrected chi connectivity index (χ1v) is 22.7.